The smallest absolute Gasteiger partial charge is 0.123 e. The van der Waals surface area contributed by atoms with E-state index < -0.39 is 0 Å². The molecule has 0 nitrogen and oxygen atoms in total. The minimum absolute atomic E-state index is 0.166. The van der Waals surface area contributed by atoms with Gasteiger partial charge in [0.05, 0.1) is 0 Å². The van der Waals surface area contributed by atoms with Gasteiger partial charge < -0.3 is 0 Å². The fourth-order valence-electron chi connectivity index (χ4n) is 3.65. The van der Waals surface area contributed by atoms with Crippen LogP contribution < -0.4 is 0 Å². The van der Waals surface area contributed by atoms with Gasteiger partial charge in [0, 0.05) is 0 Å². The molecule has 1 aliphatic carbocycles. The van der Waals surface area contributed by atoms with Gasteiger partial charge in [-0.1, -0.05) is 69.0 Å². The van der Waals surface area contributed by atoms with Crippen LogP contribution in [0.25, 0.3) is 0 Å². The van der Waals surface area contributed by atoms with Crippen molar-refractivity contribution < 1.29 is 4.39 Å². The predicted molar refractivity (Wildman–Crippen MR) is 95.1 cm³/mol. The van der Waals surface area contributed by atoms with Crippen LogP contribution in [0, 0.1) is 17.7 Å². The number of benzene rings is 2. The molecule has 0 heterocycles. The predicted octanol–water partition coefficient (Wildman–Crippen LogP) is 6.18. The Morgan fingerprint density at radius 2 is 1.30 bits per heavy atom. The largest absolute Gasteiger partial charge is 0.207 e. The third-order valence-corrected chi connectivity index (χ3v) is 5.32. The second-order valence-electron chi connectivity index (χ2n) is 7.28. The topological polar surface area (TPSA) is 0 Å². The number of rotatable bonds is 5. The molecule has 1 fully saturated rings. The van der Waals surface area contributed by atoms with Crippen molar-refractivity contribution >= 4 is 0 Å². The molecule has 3 rings (SSSR count). The van der Waals surface area contributed by atoms with E-state index in [4.69, 9.17) is 0 Å². The van der Waals surface area contributed by atoms with Crippen molar-refractivity contribution in [1.82, 2.24) is 0 Å². The molecule has 0 saturated heterocycles. The first kappa shape index (κ1) is 16.2. The molecular weight excluding hydrogens is 283 g/mol. The Kier molecular flexibility index (Phi) is 5.48. The standard InChI is InChI=1S/C22H27F/c1-17-2-4-18(5-3-17)6-7-19-8-10-20(11-9-19)16-21-12-14-22(23)15-13-21/h8-15,17-18H,2-7,16H2,1H3. The maximum Gasteiger partial charge on any atom is 0.123 e. The van der Waals surface area contributed by atoms with E-state index >= 15 is 0 Å². The molecule has 0 radical (unpaired) electrons. The summed E-state index contributed by atoms with van der Waals surface area (Å²) < 4.78 is 12.9. The maximum absolute atomic E-state index is 12.9. The quantitative estimate of drug-likeness (QED) is 0.619. The molecule has 0 spiro atoms. The van der Waals surface area contributed by atoms with Crippen LogP contribution in [0.5, 0.6) is 0 Å². The average Bonchev–Trinajstić information content (AvgIpc) is 2.58. The molecule has 0 aromatic heterocycles. The molecule has 0 aliphatic heterocycles. The molecule has 0 bridgehead atoms. The minimum atomic E-state index is -0.166. The van der Waals surface area contributed by atoms with Gasteiger partial charge in [0.25, 0.3) is 0 Å². The summed E-state index contributed by atoms with van der Waals surface area (Å²) in [6.45, 7) is 2.38. The average molecular weight is 310 g/mol. The van der Waals surface area contributed by atoms with E-state index in [1.807, 2.05) is 12.1 Å². The molecule has 122 valence electrons. The maximum atomic E-state index is 12.9. The second-order valence-corrected chi connectivity index (χ2v) is 7.28. The van der Waals surface area contributed by atoms with E-state index in [0.29, 0.717) is 0 Å². The van der Waals surface area contributed by atoms with Gasteiger partial charge in [-0.25, -0.2) is 4.39 Å². The molecule has 1 saturated carbocycles. The number of halogens is 1. The molecule has 23 heavy (non-hydrogen) atoms. The minimum Gasteiger partial charge on any atom is -0.207 e. The van der Waals surface area contributed by atoms with E-state index in [1.165, 1.54) is 61.8 Å². The summed E-state index contributed by atoms with van der Waals surface area (Å²) in [5.41, 5.74) is 3.91. The summed E-state index contributed by atoms with van der Waals surface area (Å²) in [5, 5.41) is 0. The van der Waals surface area contributed by atoms with Crippen molar-refractivity contribution in [2.45, 2.75) is 51.9 Å². The molecular formula is C22H27F. The summed E-state index contributed by atoms with van der Waals surface area (Å²) in [4.78, 5) is 0. The Labute approximate surface area is 139 Å². The first-order chi connectivity index (χ1) is 11.2. The lowest BCUT2D eigenvalue weighted by Gasteiger charge is -2.26. The third-order valence-electron chi connectivity index (χ3n) is 5.32. The number of hydrogen-bond acceptors (Lipinski definition) is 0. The molecule has 2 aromatic carbocycles. The molecule has 1 aliphatic rings. The van der Waals surface area contributed by atoms with Crippen molar-refractivity contribution in [2.75, 3.05) is 0 Å². The lowest BCUT2D eigenvalue weighted by molar-refractivity contribution is 0.278. The van der Waals surface area contributed by atoms with Crippen LogP contribution in [0.4, 0.5) is 4.39 Å². The SMILES string of the molecule is CC1CCC(CCc2ccc(Cc3ccc(F)cc3)cc2)CC1. The van der Waals surface area contributed by atoms with Gasteiger partial charge in [0.1, 0.15) is 5.82 Å². The summed E-state index contributed by atoms with van der Waals surface area (Å²) in [6.07, 6.45) is 9.09. The highest BCUT2D eigenvalue weighted by Crippen LogP contribution is 2.31. The fraction of sp³-hybridized carbons (Fsp3) is 0.455. The zero-order valence-corrected chi connectivity index (χ0v) is 14.1. The Bertz CT molecular complexity index is 589. The van der Waals surface area contributed by atoms with Crippen molar-refractivity contribution in [3.05, 3.63) is 71.0 Å². The highest BCUT2D eigenvalue weighted by Gasteiger charge is 2.17. The van der Waals surface area contributed by atoms with Crippen LogP contribution in [0.1, 0.15) is 55.7 Å². The Hall–Kier alpha value is -1.63. The lowest BCUT2D eigenvalue weighted by atomic mass is 9.80. The molecule has 0 N–H and O–H groups in total. The van der Waals surface area contributed by atoms with Gasteiger partial charge in [-0.05, 0) is 59.9 Å². The Morgan fingerprint density at radius 3 is 1.91 bits per heavy atom. The summed E-state index contributed by atoms with van der Waals surface area (Å²) in [6, 6.07) is 15.8. The second kappa shape index (κ2) is 7.77. The van der Waals surface area contributed by atoms with E-state index in [0.717, 1.165) is 23.8 Å². The normalized spacial score (nSPS) is 21.3. The van der Waals surface area contributed by atoms with Crippen molar-refractivity contribution in [3.63, 3.8) is 0 Å². The van der Waals surface area contributed by atoms with Gasteiger partial charge >= 0.3 is 0 Å². The van der Waals surface area contributed by atoms with Gasteiger partial charge in [-0.2, -0.15) is 0 Å². The van der Waals surface area contributed by atoms with Gasteiger partial charge in [0.2, 0.25) is 0 Å². The summed E-state index contributed by atoms with van der Waals surface area (Å²) >= 11 is 0. The van der Waals surface area contributed by atoms with Crippen molar-refractivity contribution in [2.24, 2.45) is 11.8 Å². The van der Waals surface area contributed by atoms with Crippen LogP contribution in [0.2, 0.25) is 0 Å². The van der Waals surface area contributed by atoms with Gasteiger partial charge in [0.15, 0.2) is 0 Å². The van der Waals surface area contributed by atoms with E-state index in [9.17, 15) is 4.39 Å². The zero-order valence-electron chi connectivity index (χ0n) is 14.1. The van der Waals surface area contributed by atoms with E-state index in [-0.39, 0.29) is 5.82 Å². The molecule has 1 heteroatoms. The van der Waals surface area contributed by atoms with Gasteiger partial charge in [-0.15, -0.1) is 0 Å². The fourth-order valence-corrected chi connectivity index (χ4v) is 3.65. The first-order valence-corrected chi connectivity index (χ1v) is 9.01. The number of hydrogen-bond donors (Lipinski definition) is 0. The number of aryl methyl sites for hydroxylation is 1. The van der Waals surface area contributed by atoms with Crippen molar-refractivity contribution in [3.8, 4) is 0 Å². The van der Waals surface area contributed by atoms with Crippen LogP contribution >= 0.6 is 0 Å². The van der Waals surface area contributed by atoms with Crippen LogP contribution in [0.15, 0.2) is 48.5 Å². The third kappa shape index (κ3) is 4.92. The molecule has 0 unspecified atom stereocenters. The Morgan fingerprint density at radius 1 is 0.783 bits per heavy atom. The summed E-state index contributed by atoms with van der Waals surface area (Å²) in [7, 11) is 0. The van der Waals surface area contributed by atoms with E-state index in [1.54, 1.807) is 0 Å². The lowest BCUT2D eigenvalue weighted by Crippen LogP contribution is -2.12. The van der Waals surface area contributed by atoms with Crippen LogP contribution in [-0.4, -0.2) is 0 Å². The monoisotopic (exact) mass is 310 g/mol. The summed E-state index contributed by atoms with van der Waals surface area (Å²) in [5.74, 6) is 1.71. The van der Waals surface area contributed by atoms with Gasteiger partial charge in [-0.3, -0.25) is 0 Å². The van der Waals surface area contributed by atoms with Crippen LogP contribution in [0.3, 0.4) is 0 Å². The molecule has 2 aromatic rings. The zero-order chi connectivity index (χ0) is 16.1. The van der Waals surface area contributed by atoms with Crippen LogP contribution in [-0.2, 0) is 12.8 Å². The van der Waals surface area contributed by atoms with Crippen molar-refractivity contribution in [1.29, 1.82) is 0 Å². The van der Waals surface area contributed by atoms with E-state index in [2.05, 4.69) is 31.2 Å². The first-order valence-electron chi connectivity index (χ1n) is 9.01. The highest BCUT2D eigenvalue weighted by atomic mass is 19.1. The highest BCUT2D eigenvalue weighted by molar-refractivity contribution is 5.29. The Balaban J connectivity index is 1.49. The molecule has 0 amide bonds. The molecule has 0 atom stereocenters.